The molecule has 1 saturated heterocycles. The highest BCUT2D eigenvalue weighted by molar-refractivity contribution is 9.10. The van der Waals surface area contributed by atoms with Gasteiger partial charge >= 0.3 is 0 Å². The maximum atomic E-state index is 13.1. The van der Waals surface area contributed by atoms with Gasteiger partial charge < -0.3 is 4.52 Å². The first-order chi connectivity index (χ1) is 14.9. The number of nitrogens with zero attached hydrogens (tertiary/aromatic N) is 6. The summed E-state index contributed by atoms with van der Waals surface area (Å²) in [6, 6.07) is 11.3. The Labute approximate surface area is 185 Å². The summed E-state index contributed by atoms with van der Waals surface area (Å²) in [7, 11) is 0. The van der Waals surface area contributed by atoms with Crippen LogP contribution < -0.4 is 4.90 Å². The van der Waals surface area contributed by atoms with Crippen molar-refractivity contribution < 1.29 is 14.1 Å². The van der Waals surface area contributed by atoms with Gasteiger partial charge in [-0.15, -0.1) is 0 Å². The summed E-state index contributed by atoms with van der Waals surface area (Å²) in [4.78, 5) is 31.6. The van der Waals surface area contributed by atoms with E-state index in [2.05, 4.69) is 36.4 Å². The molecule has 3 heterocycles. The number of anilines is 1. The fourth-order valence-corrected chi connectivity index (χ4v) is 4.07. The van der Waals surface area contributed by atoms with Crippen molar-refractivity contribution in [2.45, 2.75) is 32.5 Å². The van der Waals surface area contributed by atoms with Crippen LogP contribution >= 0.6 is 15.9 Å². The van der Waals surface area contributed by atoms with Crippen LogP contribution in [-0.4, -0.2) is 39.0 Å². The second-order valence-corrected chi connectivity index (χ2v) is 8.41. The standard InChI is InChI=1S/C21H17BrN6O3/c1-11-6-7-15(8-12(11)2)28-20(29)17-18(21(28)30)27(26-24-17)10-16-23-19(25-31-16)13-4-3-5-14(22)9-13/h3-9,17-18H,10H2,1-2H3/t17-,18-/m0/s1. The van der Waals surface area contributed by atoms with Crippen molar-refractivity contribution in [2.24, 2.45) is 10.3 Å². The van der Waals surface area contributed by atoms with Crippen molar-refractivity contribution >= 4 is 33.4 Å². The van der Waals surface area contributed by atoms with E-state index >= 15 is 0 Å². The fourth-order valence-electron chi connectivity index (χ4n) is 3.68. The van der Waals surface area contributed by atoms with E-state index in [4.69, 9.17) is 4.52 Å². The van der Waals surface area contributed by atoms with Gasteiger partial charge in [0.15, 0.2) is 12.1 Å². The summed E-state index contributed by atoms with van der Waals surface area (Å²) in [6.45, 7) is 3.99. The summed E-state index contributed by atoms with van der Waals surface area (Å²) in [6.07, 6.45) is 0. The number of carbonyl (C=O) groups is 2. The number of aromatic nitrogens is 2. The predicted molar refractivity (Wildman–Crippen MR) is 114 cm³/mol. The van der Waals surface area contributed by atoms with Crippen LogP contribution in [0.4, 0.5) is 5.69 Å². The van der Waals surface area contributed by atoms with Gasteiger partial charge in [-0.3, -0.25) is 14.6 Å². The molecule has 2 aliphatic rings. The van der Waals surface area contributed by atoms with E-state index in [1.54, 1.807) is 6.07 Å². The number of halogens is 1. The molecule has 0 radical (unpaired) electrons. The maximum absolute atomic E-state index is 13.1. The largest absolute Gasteiger partial charge is 0.337 e. The van der Waals surface area contributed by atoms with E-state index in [0.29, 0.717) is 11.5 Å². The van der Waals surface area contributed by atoms with Crippen LogP contribution in [-0.2, 0) is 16.1 Å². The molecule has 0 saturated carbocycles. The van der Waals surface area contributed by atoms with Crippen LogP contribution in [0.25, 0.3) is 11.4 Å². The van der Waals surface area contributed by atoms with Gasteiger partial charge in [0, 0.05) is 10.0 Å². The third-order valence-electron chi connectivity index (χ3n) is 5.45. The molecule has 0 bridgehead atoms. The van der Waals surface area contributed by atoms with Crippen molar-refractivity contribution in [3.63, 3.8) is 0 Å². The third-order valence-corrected chi connectivity index (χ3v) is 5.95. The van der Waals surface area contributed by atoms with Gasteiger partial charge in [0.2, 0.25) is 11.7 Å². The monoisotopic (exact) mass is 480 g/mol. The molecule has 2 aromatic carbocycles. The average Bonchev–Trinajstić information content (AvgIpc) is 3.43. The Kier molecular flexibility index (Phi) is 4.66. The molecule has 156 valence electrons. The van der Waals surface area contributed by atoms with Crippen LogP contribution in [0.15, 0.2) is 61.8 Å². The first-order valence-corrected chi connectivity index (χ1v) is 10.4. The number of hydrogen-bond acceptors (Lipinski definition) is 8. The van der Waals surface area contributed by atoms with Crippen LogP contribution in [0.3, 0.4) is 0 Å². The molecule has 2 aliphatic heterocycles. The minimum absolute atomic E-state index is 0.0749. The van der Waals surface area contributed by atoms with Gasteiger partial charge in [0.25, 0.3) is 11.8 Å². The molecule has 5 rings (SSSR count). The predicted octanol–water partition coefficient (Wildman–Crippen LogP) is 3.61. The quantitative estimate of drug-likeness (QED) is 0.528. The molecule has 1 aromatic heterocycles. The zero-order valence-corrected chi connectivity index (χ0v) is 18.3. The normalized spacial score (nSPS) is 20.1. The van der Waals surface area contributed by atoms with E-state index < -0.39 is 12.1 Å². The Bertz CT molecular complexity index is 1240. The molecule has 2 amide bonds. The van der Waals surface area contributed by atoms with Crippen molar-refractivity contribution in [3.8, 4) is 11.4 Å². The molecular formula is C21H17BrN6O3. The molecule has 3 aromatic rings. The average molecular weight is 481 g/mol. The smallest absolute Gasteiger partial charge is 0.263 e. The Hall–Kier alpha value is -3.40. The van der Waals surface area contributed by atoms with Gasteiger partial charge in [-0.05, 0) is 49.2 Å². The highest BCUT2D eigenvalue weighted by Crippen LogP contribution is 2.33. The molecule has 2 atom stereocenters. The molecule has 1 fully saturated rings. The van der Waals surface area contributed by atoms with E-state index in [1.165, 1.54) is 9.91 Å². The Balaban J connectivity index is 1.37. The SMILES string of the molecule is Cc1ccc(N2C(=O)[C@H]3N=NN(Cc4nc(-c5cccc(Br)c5)no4)[C@@H]3C2=O)cc1C. The lowest BCUT2D eigenvalue weighted by molar-refractivity contribution is -0.123. The molecule has 0 N–H and O–H groups in total. The minimum atomic E-state index is -0.874. The van der Waals surface area contributed by atoms with Gasteiger partial charge in [0.1, 0.15) is 6.54 Å². The molecular weight excluding hydrogens is 464 g/mol. The van der Waals surface area contributed by atoms with E-state index in [-0.39, 0.29) is 24.2 Å². The number of carbonyl (C=O) groups excluding carboxylic acids is 2. The highest BCUT2D eigenvalue weighted by atomic mass is 79.9. The van der Waals surface area contributed by atoms with Gasteiger partial charge in [0.05, 0.1) is 5.69 Å². The lowest BCUT2D eigenvalue weighted by atomic mass is 10.1. The summed E-state index contributed by atoms with van der Waals surface area (Å²) in [5, 5.41) is 13.5. The molecule has 0 spiro atoms. The van der Waals surface area contributed by atoms with Crippen molar-refractivity contribution in [1.82, 2.24) is 15.1 Å². The third kappa shape index (κ3) is 3.32. The van der Waals surface area contributed by atoms with E-state index in [9.17, 15) is 9.59 Å². The first-order valence-electron chi connectivity index (χ1n) is 9.63. The zero-order valence-electron chi connectivity index (χ0n) is 16.7. The lowest BCUT2D eigenvalue weighted by Crippen LogP contribution is -2.39. The van der Waals surface area contributed by atoms with Crippen molar-refractivity contribution in [3.05, 3.63) is 64.0 Å². The number of rotatable bonds is 4. The molecule has 9 nitrogen and oxygen atoms in total. The second kappa shape index (κ2) is 7.38. The Morgan fingerprint density at radius 3 is 2.68 bits per heavy atom. The number of aryl methyl sites for hydroxylation is 2. The summed E-state index contributed by atoms with van der Waals surface area (Å²) >= 11 is 3.42. The summed E-state index contributed by atoms with van der Waals surface area (Å²) in [5.74, 6) is -0.0474. The molecule has 0 unspecified atom stereocenters. The van der Waals surface area contributed by atoms with E-state index in [0.717, 1.165) is 21.2 Å². The number of imide groups is 1. The van der Waals surface area contributed by atoms with Gasteiger partial charge in [-0.25, -0.2) is 4.90 Å². The number of amides is 2. The Morgan fingerprint density at radius 1 is 1.06 bits per heavy atom. The Morgan fingerprint density at radius 2 is 1.90 bits per heavy atom. The fraction of sp³-hybridized carbons (Fsp3) is 0.238. The number of benzene rings is 2. The highest BCUT2D eigenvalue weighted by Gasteiger charge is 2.55. The minimum Gasteiger partial charge on any atom is -0.337 e. The maximum Gasteiger partial charge on any atom is 0.263 e. The molecule has 10 heteroatoms. The number of fused-ring (bicyclic) bond motifs is 1. The van der Waals surface area contributed by atoms with Gasteiger partial charge in [-0.2, -0.15) is 10.1 Å². The van der Waals surface area contributed by atoms with Crippen molar-refractivity contribution in [1.29, 1.82) is 0 Å². The first kappa shape index (κ1) is 19.6. The lowest BCUT2D eigenvalue weighted by Gasteiger charge is -2.19. The van der Waals surface area contributed by atoms with Crippen molar-refractivity contribution in [2.75, 3.05) is 4.90 Å². The van der Waals surface area contributed by atoms with Crippen LogP contribution in [0.2, 0.25) is 0 Å². The summed E-state index contributed by atoms with van der Waals surface area (Å²) < 4.78 is 6.24. The van der Waals surface area contributed by atoms with Crippen LogP contribution in [0, 0.1) is 13.8 Å². The zero-order chi connectivity index (χ0) is 21.7. The summed E-state index contributed by atoms with van der Waals surface area (Å²) in [5.41, 5.74) is 3.41. The number of hydrogen-bond donors (Lipinski definition) is 0. The van der Waals surface area contributed by atoms with E-state index in [1.807, 2.05) is 50.2 Å². The van der Waals surface area contributed by atoms with Crippen LogP contribution in [0.1, 0.15) is 17.0 Å². The second-order valence-electron chi connectivity index (χ2n) is 7.49. The van der Waals surface area contributed by atoms with Crippen LogP contribution in [0.5, 0.6) is 0 Å². The molecule has 0 aliphatic carbocycles. The van der Waals surface area contributed by atoms with Gasteiger partial charge in [-0.1, -0.05) is 44.5 Å². The molecule has 31 heavy (non-hydrogen) atoms. The topological polar surface area (TPSA) is 104 Å².